The van der Waals surface area contributed by atoms with Gasteiger partial charge in [0.05, 0.1) is 37.6 Å². The molecule has 0 spiro atoms. The van der Waals surface area contributed by atoms with E-state index < -0.39 is 25.4 Å². The van der Waals surface area contributed by atoms with Gasteiger partial charge < -0.3 is 62.4 Å². The van der Waals surface area contributed by atoms with Gasteiger partial charge in [0.2, 0.25) is 0 Å². The van der Waals surface area contributed by atoms with Crippen LogP contribution in [0.5, 0.6) is 0 Å². The normalized spacial score (nSPS) is 20.9. The molecular weight excluding hydrogens is 1440 g/mol. The molecule has 3 aliphatic rings. The number of alkyl halides is 1. The summed E-state index contributed by atoms with van der Waals surface area (Å²) in [7, 11) is -1.19. The zero-order valence-electron chi connectivity index (χ0n) is 48.5. The molecule has 2 aromatic carbocycles. The fourth-order valence-electron chi connectivity index (χ4n) is 10.3. The van der Waals surface area contributed by atoms with Gasteiger partial charge in [0, 0.05) is 156 Å². The Morgan fingerprint density at radius 1 is 0.642 bits per heavy atom. The summed E-state index contributed by atoms with van der Waals surface area (Å²) in [4.78, 5) is 25.0. The molecule has 1 heterocycles. The van der Waals surface area contributed by atoms with Crippen LogP contribution in [-0.4, -0.2) is 111 Å². The predicted octanol–water partition coefficient (Wildman–Crippen LogP) is 11.8. The summed E-state index contributed by atoms with van der Waals surface area (Å²) in [5.41, 5.74) is 2.49. The van der Waals surface area contributed by atoms with Crippen LogP contribution >= 0.6 is 22.6 Å². The van der Waals surface area contributed by atoms with Crippen LogP contribution in [0.4, 0.5) is 0 Å². The fraction of sp³-hybridized carbons (Fsp3) is 0.645. The van der Waals surface area contributed by atoms with Gasteiger partial charge in [0.25, 0.3) is 0 Å². The van der Waals surface area contributed by atoms with Crippen molar-refractivity contribution >= 4 is 48.8 Å². The van der Waals surface area contributed by atoms with Crippen LogP contribution in [0.1, 0.15) is 161 Å². The number of fused-ring (bicyclic) bond motifs is 2. The van der Waals surface area contributed by atoms with Crippen molar-refractivity contribution in [1.82, 2.24) is 0 Å². The first-order valence-corrected chi connectivity index (χ1v) is 30.6. The third kappa shape index (κ3) is 41.3. The first-order valence-electron chi connectivity index (χ1n) is 28.4. The van der Waals surface area contributed by atoms with Gasteiger partial charge in [0.15, 0.2) is 0 Å². The summed E-state index contributed by atoms with van der Waals surface area (Å²) in [5.74, 6) is 0.343. The van der Waals surface area contributed by atoms with E-state index in [0.29, 0.717) is 69.5 Å². The Labute approximate surface area is 605 Å². The molecule has 0 amide bonds. The van der Waals surface area contributed by atoms with Crippen LogP contribution in [0.15, 0.2) is 97.1 Å². The Bertz CT molecular complexity index is 1860. The van der Waals surface area contributed by atoms with Gasteiger partial charge in [-0.3, -0.25) is 9.59 Å². The number of ether oxygens (including phenoxy) is 2. The molecule has 19 heteroatoms. The van der Waals surface area contributed by atoms with Gasteiger partial charge in [-0.1, -0.05) is 155 Å². The number of aliphatic hydroxyl groups is 4. The number of unbranched alkanes of at least 4 members (excludes halogenated alkanes) is 4. The van der Waals surface area contributed by atoms with Crippen molar-refractivity contribution in [3.63, 3.8) is 0 Å². The van der Waals surface area contributed by atoms with E-state index in [1.54, 1.807) is 0 Å². The molecule has 12 nitrogen and oxygen atoms in total. The quantitative estimate of drug-likeness (QED) is 0.00740. The van der Waals surface area contributed by atoms with E-state index in [4.69, 9.17) is 42.0 Å². The summed E-state index contributed by atoms with van der Waals surface area (Å²) >= 11 is 2.15. The van der Waals surface area contributed by atoms with Crippen molar-refractivity contribution in [2.45, 2.75) is 212 Å². The molecule has 2 saturated carbocycles. The smallest absolute Gasteiger partial charge is 0.457 e. The van der Waals surface area contributed by atoms with Gasteiger partial charge in [-0.15, -0.1) is 0 Å². The number of esters is 2. The average molecular weight is 1540 g/mol. The molecule has 2 bridgehead atoms. The van der Waals surface area contributed by atoms with Crippen molar-refractivity contribution in [3.8, 4) is 0 Å². The van der Waals surface area contributed by atoms with Crippen molar-refractivity contribution in [3.05, 3.63) is 121 Å². The van der Waals surface area contributed by atoms with Crippen molar-refractivity contribution in [2.75, 3.05) is 18.1 Å². The second kappa shape index (κ2) is 57.7. The molecule has 1 aliphatic heterocycles. The number of halogens is 1. The molecule has 0 aromatic heterocycles. The molecule has 2 aliphatic carbocycles. The number of hydrogen-bond donors (Lipinski definition) is 6. The second-order valence-corrected chi connectivity index (χ2v) is 20.4. The minimum atomic E-state index is -1.10. The molecular formula is C62H99B2IO12Y4-2. The number of aryl methyl sites for hydroxylation is 2. The molecule has 10 atom stereocenters. The van der Waals surface area contributed by atoms with Crippen LogP contribution in [0.3, 0.4) is 0 Å². The molecule has 81 heavy (non-hydrogen) atoms. The molecule has 2 unspecified atom stereocenters. The Hall–Kier alpha value is 1.30. The van der Waals surface area contributed by atoms with Gasteiger partial charge in [-0.2, -0.15) is 0 Å². The third-order valence-electron chi connectivity index (χ3n) is 14.5. The van der Waals surface area contributed by atoms with E-state index >= 15 is 0 Å². The van der Waals surface area contributed by atoms with Crippen LogP contribution < -0.4 is 0 Å². The van der Waals surface area contributed by atoms with E-state index in [0.717, 1.165) is 96.2 Å². The van der Waals surface area contributed by atoms with Crippen LogP contribution in [0.2, 0.25) is 12.6 Å². The number of carbonyl (C=O) groups excluding carboxylic acids is 2. The molecule has 6 N–H and O–H groups in total. The number of allylic oxidation sites excluding steroid dienone is 4. The Kier molecular flexibility index (Phi) is 63.2. The van der Waals surface area contributed by atoms with Gasteiger partial charge in [-0.25, -0.2) is 12.2 Å². The third-order valence-corrected chi connectivity index (χ3v) is 14.5. The van der Waals surface area contributed by atoms with Crippen molar-refractivity contribution in [1.29, 1.82) is 0 Å². The summed E-state index contributed by atoms with van der Waals surface area (Å²) < 4.78 is 22.6. The summed E-state index contributed by atoms with van der Waals surface area (Å²) in [6, 6.07) is 20.5. The molecule has 2 aromatic rings. The molecule has 446 valence electrons. The summed E-state index contributed by atoms with van der Waals surface area (Å²) in [5, 5.41) is 58.3. The van der Waals surface area contributed by atoms with Crippen molar-refractivity contribution < 1.29 is 190 Å². The van der Waals surface area contributed by atoms with Gasteiger partial charge >= 0.3 is 26.2 Å². The minimum Gasteiger partial charge on any atom is -0.515 e. The van der Waals surface area contributed by atoms with Crippen molar-refractivity contribution in [2.24, 2.45) is 23.7 Å². The maximum atomic E-state index is 11.6. The number of rotatable bonds is 34. The van der Waals surface area contributed by atoms with Gasteiger partial charge in [0.1, 0.15) is 0 Å². The van der Waals surface area contributed by atoms with Crippen LogP contribution in [-0.2, 0) is 172 Å². The van der Waals surface area contributed by atoms with E-state index in [1.807, 2.05) is 48.3 Å². The molecule has 5 rings (SSSR count). The number of hydrogen-bond acceptors (Lipinski definition) is 12. The summed E-state index contributed by atoms with van der Waals surface area (Å²) in [6.07, 6.45) is 28.6. The maximum absolute atomic E-state index is 11.6. The average Bonchev–Trinajstić information content (AvgIpc) is 3.85. The fourth-order valence-corrected chi connectivity index (χ4v) is 10.3. The first kappa shape index (κ1) is 88.7. The number of carbonyl (C=O) groups is 2. The maximum Gasteiger partial charge on any atom is 0.457 e. The monoisotopic (exact) mass is 1540 g/mol. The topological polar surface area (TPSA) is 192 Å². The Balaban J connectivity index is -0.000000608. The Morgan fingerprint density at radius 3 is 1.51 bits per heavy atom. The van der Waals surface area contributed by atoms with E-state index in [9.17, 15) is 30.0 Å². The Morgan fingerprint density at radius 2 is 1.07 bits per heavy atom. The number of benzene rings is 2. The predicted molar refractivity (Wildman–Crippen MR) is 322 cm³/mol. The standard InChI is InChI=1S/C30H44BO5.C26H37O5.C4H11BO2.CH3I.CH4.4Y/c1-3-5-21-31-35-28-23-29(36-31)27(20-19-25(32)18-17-24-13-9-8-10-14-24)26(28)15-11-6-7-12-16-30(33)34-22-4-2;1-2-18-31-26(30)13-9-4-3-8-12-22-23(25(29)19-24(22)28)17-16-21(27)15-14-20-10-6-5-7-11-20;1-2-3-4-5(6)7;1-2;;;;;/h2,4,6,8-11,13-14,25-29,32H,3,5,7,12,15-23H2,1H3;1-3,5-8,10-11,21-25,27-29H,4,9,12-19H2;6-7H,2-4H2,1H3;1H3;1H4;;;;/q2*-1;;;;;;;/b11-6-;8-3-;;;;;;;/t25-,26+,27+,28-,29+;21-,22+,23+,24?,25?;;;;;;;/m00......./s1. The molecule has 4 radical (unpaired) electrons. The zero-order valence-corrected chi connectivity index (χ0v) is 62.0. The first-order chi connectivity index (χ1) is 36.9. The van der Waals surface area contributed by atoms with Crippen LogP contribution in [0.25, 0.3) is 0 Å². The largest absolute Gasteiger partial charge is 0.515 e. The van der Waals surface area contributed by atoms with E-state index in [-0.39, 0.29) is 201 Å². The van der Waals surface area contributed by atoms with E-state index in [2.05, 4.69) is 78.1 Å². The second-order valence-electron chi connectivity index (χ2n) is 20.4. The zero-order chi connectivity index (χ0) is 55.8. The number of aliphatic hydroxyl groups excluding tert-OH is 4. The van der Waals surface area contributed by atoms with Gasteiger partial charge in [-0.05, 0) is 155 Å². The summed E-state index contributed by atoms with van der Waals surface area (Å²) in [6.45, 7) is 14.9. The van der Waals surface area contributed by atoms with E-state index in [1.165, 1.54) is 23.3 Å². The molecule has 3 fully saturated rings. The SMILES string of the molecule is C.CCCCB(O)O.CI.[CH-]=CCOC(=O)CCC/C=C\C[C@@H]1[C@@H](CC[C@@H](O)CCc2ccccc2)[C@H]2C[C@@H]1OB(CCCC)O2.[CH-]=CCOC(=O)CCC/C=C\C[C@H]1C(O)CC(O)[C@@H]1CC[C@@H](O)CCc1ccccc1.[Y].[Y].[Y].[Y]. The van der Waals surface area contributed by atoms with Crippen LogP contribution in [0, 0.1) is 36.8 Å². The minimum absolute atomic E-state index is 0. The molecule has 1 saturated heterocycles.